The summed E-state index contributed by atoms with van der Waals surface area (Å²) in [7, 11) is 0. The largest absolute Gasteiger partial charge is 0.382 e. The van der Waals surface area contributed by atoms with Gasteiger partial charge in [0.15, 0.2) is 0 Å². The molecule has 16 heavy (non-hydrogen) atoms. The Hall–Kier alpha value is 0.0800. The van der Waals surface area contributed by atoms with E-state index in [2.05, 4.69) is 17.6 Å². The van der Waals surface area contributed by atoms with Gasteiger partial charge in [-0.25, -0.2) is 0 Å². The van der Waals surface area contributed by atoms with Crippen LogP contribution >= 0.6 is 23.2 Å². The van der Waals surface area contributed by atoms with Crippen molar-refractivity contribution in [2.24, 2.45) is 11.8 Å². The van der Waals surface area contributed by atoms with E-state index in [1.165, 1.54) is 24.1 Å². The number of nitrogens with one attached hydrogen (secondary N) is 2. The first-order valence-electron chi connectivity index (χ1n) is 6.16. The highest BCUT2D eigenvalue weighted by Gasteiger charge is 2.67. The minimum atomic E-state index is -0.524. The summed E-state index contributed by atoms with van der Waals surface area (Å²) >= 11 is 12.6. The lowest BCUT2D eigenvalue weighted by molar-refractivity contribution is 0.416. The Morgan fingerprint density at radius 3 is 2.81 bits per heavy atom. The molecule has 2 saturated heterocycles. The Morgan fingerprint density at radius 2 is 2.19 bits per heavy atom. The number of hydrogen-bond acceptors (Lipinski definition) is 2. The topological polar surface area (TPSA) is 24.1 Å². The van der Waals surface area contributed by atoms with Gasteiger partial charge >= 0.3 is 0 Å². The van der Waals surface area contributed by atoms with E-state index in [1.807, 2.05) is 0 Å². The summed E-state index contributed by atoms with van der Waals surface area (Å²) in [6.45, 7) is 4.44. The zero-order chi connectivity index (χ0) is 11.3. The Balaban J connectivity index is 1.79. The van der Waals surface area contributed by atoms with Crippen molar-refractivity contribution in [3.63, 3.8) is 0 Å². The van der Waals surface area contributed by atoms with Crippen molar-refractivity contribution < 1.29 is 0 Å². The normalized spacial score (nSPS) is 45.8. The molecule has 3 fully saturated rings. The highest BCUT2D eigenvalue weighted by atomic mass is 35.5. The monoisotopic (exact) mass is 260 g/mol. The number of piperidine rings is 2. The highest BCUT2D eigenvalue weighted by molar-refractivity contribution is 6.52. The van der Waals surface area contributed by atoms with Gasteiger partial charge in [-0.15, -0.1) is 0 Å². The van der Waals surface area contributed by atoms with Crippen molar-refractivity contribution in [1.29, 1.82) is 0 Å². The summed E-state index contributed by atoms with van der Waals surface area (Å²) in [5.41, 5.74) is 2.94. The molecular weight excluding hydrogens is 243 g/mol. The van der Waals surface area contributed by atoms with Crippen molar-refractivity contribution in [1.82, 2.24) is 10.6 Å². The summed E-state index contributed by atoms with van der Waals surface area (Å²) < 4.78 is -0.524. The summed E-state index contributed by atoms with van der Waals surface area (Å²) in [6, 6.07) is 0.281. The molecule has 1 saturated carbocycles. The maximum Gasteiger partial charge on any atom is 0.143 e. The van der Waals surface area contributed by atoms with Crippen LogP contribution in [0.2, 0.25) is 0 Å². The third-order valence-electron chi connectivity index (χ3n) is 4.18. The van der Waals surface area contributed by atoms with Gasteiger partial charge in [0.2, 0.25) is 0 Å². The lowest BCUT2D eigenvalue weighted by atomic mass is 9.92. The number of alkyl halides is 2. The number of allylic oxidation sites excluding steroid dienone is 1. The lowest BCUT2D eigenvalue weighted by Crippen LogP contribution is -2.33. The first-order chi connectivity index (χ1) is 7.60. The molecule has 3 aliphatic rings. The summed E-state index contributed by atoms with van der Waals surface area (Å²) in [5.74, 6) is 1.04. The molecule has 0 aromatic rings. The Labute approximate surface area is 107 Å². The predicted octanol–water partition coefficient (Wildman–Crippen LogP) is 2.43. The summed E-state index contributed by atoms with van der Waals surface area (Å²) in [5, 5.41) is 6.99. The Morgan fingerprint density at radius 1 is 1.38 bits per heavy atom. The van der Waals surface area contributed by atoms with Crippen molar-refractivity contribution in [2.75, 3.05) is 13.1 Å². The van der Waals surface area contributed by atoms with Crippen LogP contribution in [0.5, 0.6) is 0 Å². The van der Waals surface area contributed by atoms with Gasteiger partial charge in [0.1, 0.15) is 4.33 Å². The van der Waals surface area contributed by atoms with E-state index in [1.54, 1.807) is 0 Å². The van der Waals surface area contributed by atoms with E-state index in [0.29, 0.717) is 11.8 Å². The first kappa shape index (κ1) is 11.2. The molecule has 2 aliphatic heterocycles. The summed E-state index contributed by atoms with van der Waals surface area (Å²) in [4.78, 5) is 0. The van der Waals surface area contributed by atoms with Crippen LogP contribution in [-0.4, -0.2) is 23.5 Å². The Kier molecular flexibility index (Phi) is 2.65. The van der Waals surface area contributed by atoms with Crippen LogP contribution < -0.4 is 10.6 Å². The van der Waals surface area contributed by atoms with Gasteiger partial charge in [-0.05, 0) is 37.3 Å². The van der Waals surface area contributed by atoms with Gasteiger partial charge in [-0.2, -0.15) is 0 Å². The predicted molar refractivity (Wildman–Crippen MR) is 67.8 cm³/mol. The van der Waals surface area contributed by atoms with Crippen LogP contribution in [0.3, 0.4) is 0 Å². The van der Waals surface area contributed by atoms with Gasteiger partial charge in [0.25, 0.3) is 0 Å². The van der Waals surface area contributed by atoms with E-state index < -0.39 is 4.33 Å². The fourth-order valence-electron chi connectivity index (χ4n) is 3.20. The third kappa shape index (κ3) is 1.66. The van der Waals surface area contributed by atoms with Crippen molar-refractivity contribution in [2.45, 2.75) is 36.6 Å². The molecule has 3 unspecified atom stereocenters. The molecule has 0 radical (unpaired) electrons. The highest BCUT2D eigenvalue weighted by Crippen LogP contribution is 2.60. The molecule has 0 spiro atoms. The van der Waals surface area contributed by atoms with Crippen LogP contribution in [-0.2, 0) is 0 Å². The van der Waals surface area contributed by atoms with Crippen LogP contribution in [0.25, 0.3) is 0 Å². The number of halogens is 2. The zero-order valence-corrected chi connectivity index (χ0v) is 11.0. The van der Waals surface area contributed by atoms with Gasteiger partial charge in [0.05, 0.1) is 6.04 Å². The van der Waals surface area contributed by atoms with Gasteiger partial charge in [-0.3, -0.25) is 0 Å². The molecule has 2 heterocycles. The van der Waals surface area contributed by atoms with Gasteiger partial charge < -0.3 is 10.6 Å². The zero-order valence-electron chi connectivity index (χ0n) is 9.52. The minimum absolute atomic E-state index is 0.281. The second kappa shape index (κ2) is 3.79. The molecule has 2 N–H and O–H groups in total. The molecule has 3 atom stereocenters. The molecule has 0 aromatic heterocycles. The number of rotatable bonds is 0. The van der Waals surface area contributed by atoms with E-state index in [9.17, 15) is 0 Å². The van der Waals surface area contributed by atoms with Crippen LogP contribution in [0, 0.1) is 11.8 Å². The number of fused-ring (bicyclic) bond motifs is 1. The fourth-order valence-corrected chi connectivity index (χ4v) is 4.14. The minimum Gasteiger partial charge on any atom is -0.382 e. The smallest absolute Gasteiger partial charge is 0.143 e. The summed E-state index contributed by atoms with van der Waals surface area (Å²) in [6.07, 6.45) is 3.58. The van der Waals surface area contributed by atoms with Crippen molar-refractivity contribution in [3.8, 4) is 0 Å². The molecular formula is C12H18Cl2N2. The van der Waals surface area contributed by atoms with Gasteiger partial charge in [0, 0.05) is 18.2 Å². The van der Waals surface area contributed by atoms with E-state index >= 15 is 0 Å². The average molecular weight is 261 g/mol. The quantitative estimate of drug-likeness (QED) is 0.654. The molecule has 0 bridgehead atoms. The number of hydrogen-bond donors (Lipinski definition) is 2. The van der Waals surface area contributed by atoms with E-state index in [0.717, 1.165) is 19.5 Å². The second-order valence-corrected chi connectivity index (χ2v) is 6.81. The fraction of sp³-hybridized carbons (Fsp3) is 0.833. The van der Waals surface area contributed by atoms with Gasteiger partial charge in [-0.1, -0.05) is 30.1 Å². The molecule has 1 aliphatic carbocycles. The molecule has 2 nitrogen and oxygen atoms in total. The maximum absolute atomic E-state index is 6.28. The molecule has 4 heteroatoms. The SMILES string of the molecule is CC1C/C(=C2/CCCNC2)NC2C1C2(Cl)Cl. The molecule has 0 aromatic carbocycles. The third-order valence-corrected chi connectivity index (χ3v) is 5.15. The first-order valence-corrected chi connectivity index (χ1v) is 6.92. The van der Waals surface area contributed by atoms with E-state index in [4.69, 9.17) is 23.2 Å². The van der Waals surface area contributed by atoms with Crippen molar-refractivity contribution in [3.05, 3.63) is 11.3 Å². The second-order valence-electron chi connectivity index (χ2n) is 5.37. The molecule has 3 rings (SSSR count). The van der Waals surface area contributed by atoms with E-state index in [-0.39, 0.29) is 6.04 Å². The molecule has 90 valence electrons. The van der Waals surface area contributed by atoms with Crippen LogP contribution in [0.1, 0.15) is 26.2 Å². The average Bonchev–Trinajstić information content (AvgIpc) is 2.83. The van der Waals surface area contributed by atoms with Crippen LogP contribution in [0.4, 0.5) is 0 Å². The molecule has 0 amide bonds. The maximum atomic E-state index is 6.28. The Bertz CT molecular complexity index is 330. The standard InChI is InChI=1S/C12H18Cl2N2/c1-7-5-9(8-3-2-4-15-6-8)16-11-10(7)12(11,13)14/h7,10-11,15-16H,2-6H2,1H3/b9-8+. The lowest BCUT2D eigenvalue weighted by Gasteiger charge is -2.27. The van der Waals surface area contributed by atoms with Crippen LogP contribution in [0.15, 0.2) is 11.3 Å². The van der Waals surface area contributed by atoms with Crippen molar-refractivity contribution >= 4 is 23.2 Å².